The second kappa shape index (κ2) is 7.04. The Morgan fingerprint density at radius 3 is 2.81 bits per heavy atom. The molecule has 1 atom stereocenters. The number of carbonyl (C=O) groups is 1. The van der Waals surface area contributed by atoms with Crippen LogP contribution in [0.15, 0.2) is 67.0 Å². The number of hydrogen-bond donors (Lipinski definition) is 0. The van der Waals surface area contributed by atoms with Crippen LogP contribution in [0, 0.1) is 0 Å². The summed E-state index contributed by atoms with van der Waals surface area (Å²) in [6, 6.07) is 17.8. The van der Waals surface area contributed by atoms with E-state index in [0.717, 1.165) is 23.4 Å². The molecule has 4 rings (SSSR count). The summed E-state index contributed by atoms with van der Waals surface area (Å²) in [6.07, 6.45) is 4.92. The predicted molar refractivity (Wildman–Crippen MR) is 99.2 cm³/mol. The lowest BCUT2D eigenvalue weighted by Crippen LogP contribution is -2.41. The number of benzene rings is 2. The average Bonchev–Trinajstić information content (AvgIpc) is 3.16. The Labute approximate surface area is 152 Å². The van der Waals surface area contributed by atoms with Gasteiger partial charge >= 0.3 is 0 Å². The van der Waals surface area contributed by atoms with Crippen molar-refractivity contribution in [3.05, 3.63) is 78.1 Å². The molecular formula is C21H21N3O2. The van der Waals surface area contributed by atoms with Gasteiger partial charge in [-0.2, -0.15) is 5.10 Å². The zero-order chi connectivity index (χ0) is 17.9. The maximum atomic E-state index is 12.8. The number of ether oxygens (including phenoxy) is 1. The normalized spacial score (nSPS) is 15.8. The number of likely N-dealkylation sites (N-methyl/N-ethyl adjacent to an activating group) is 1. The van der Waals surface area contributed by atoms with E-state index in [9.17, 15) is 4.79 Å². The molecule has 2 aromatic carbocycles. The molecule has 3 aromatic rings. The minimum atomic E-state index is -0.418. The number of carbonyl (C=O) groups excluding carboxylic acids is 1. The van der Waals surface area contributed by atoms with Gasteiger partial charge in [-0.25, -0.2) is 4.68 Å². The van der Waals surface area contributed by atoms with Crippen molar-refractivity contribution in [3.63, 3.8) is 0 Å². The Kier molecular flexibility index (Phi) is 4.44. The first-order valence-corrected chi connectivity index (χ1v) is 8.79. The number of nitrogens with zero attached hydrogens (tertiary/aromatic N) is 3. The number of fused-ring (bicyclic) bond motifs is 1. The van der Waals surface area contributed by atoms with E-state index >= 15 is 0 Å². The third-order valence-corrected chi connectivity index (χ3v) is 4.65. The fourth-order valence-corrected chi connectivity index (χ4v) is 3.26. The van der Waals surface area contributed by atoms with E-state index < -0.39 is 6.10 Å². The molecule has 0 spiro atoms. The first-order valence-electron chi connectivity index (χ1n) is 8.79. The summed E-state index contributed by atoms with van der Waals surface area (Å²) >= 11 is 0. The highest BCUT2D eigenvalue weighted by Crippen LogP contribution is 2.27. The summed E-state index contributed by atoms with van der Waals surface area (Å²) in [7, 11) is 1.81. The van der Waals surface area contributed by atoms with Crippen LogP contribution in [0.4, 0.5) is 0 Å². The molecule has 0 saturated carbocycles. The molecule has 0 fully saturated rings. The quantitative estimate of drug-likeness (QED) is 0.728. The van der Waals surface area contributed by atoms with Crippen molar-refractivity contribution >= 4 is 5.91 Å². The van der Waals surface area contributed by atoms with Gasteiger partial charge < -0.3 is 9.64 Å². The van der Waals surface area contributed by atoms with Gasteiger partial charge in [-0.05, 0) is 36.6 Å². The van der Waals surface area contributed by atoms with Crippen LogP contribution >= 0.6 is 0 Å². The molecule has 26 heavy (non-hydrogen) atoms. The van der Waals surface area contributed by atoms with E-state index in [1.54, 1.807) is 11.1 Å². The van der Waals surface area contributed by atoms with E-state index in [4.69, 9.17) is 4.74 Å². The van der Waals surface area contributed by atoms with Crippen LogP contribution in [0.3, 0.4) is 0 Å². The number of para-hydroxylation sites is 2. The molecular weight excluding hydrogens is 326 g/mol. The largest absolute Gasteiger partial charge is 0.480 e. The number of rotatable bonds is 4. The minimum Gasteiger partial charge on any atom is -0.480 e. The molecule has 132 valence electrons. The fourth-order valence-electron chi connectivity index (χ4n) is 3.26. The molecule has 1 unspecified atom stereocenters. The Bertz CT molecular complexity index is 904. The van der Waals surface area contributed by atoms with E-state index in [-0.39, 0.29) is 5.91 Å². The standard InChI is InChI=1S/C21H21N3O2/c1-23(14-16-13-22-24(15-16)18-8-3-2-4-9-18)21(25)20-12-11-17-7-5-6-10-19(17)26-20/h2-10,13,15,20H,11-12,14H2,1H3. The first kappa shape index (κ1) is 16.4. The SMILES string of the molecule is CN(Cc1cnn(-c2ccccc2)c1)C(=O)C1CCc2ccccc2O1. The van der Waals surface area contributed by atoms with Gasteiger partial charge in [0.1, 0.15) is 5.75 Å². The van der Waals surface area contributed by atoms with Crippen LogP contribution in [0.5, 0.6) is 5.75 Å². The van der Waals surface area contributed by atoms with Crippen molar-refractivity contribution in [2.45, 2.75) is 25.5 Å². The van der Waals surface area contributed by atoms with E-state index in [0.29, 0.717) is 13.0 Å². The molecule has 0 N–H and O–H groups in total. The van der Waals surface area contributed by atoms with Gasteiger partial charge in [0.25, 0.3) is 5.91 Å². The van der Waals surface area contributed by atoms with Gasteiger partial charge in [0.2, 0.25) is 0 Å². The lowest BCUT2D eigenvalue weighted by atomic mass is 10.0. The zero-order valence-corrected chi connectivity index (χ0v) is 14.7. The predicted octanol–water partition coefficient (Wildman–Crippen LogP) is 3.22. The molecule has 2 heterocycles. The van der Waals surface area contributed by atoms with Crippen LogP contribution in [0.2, 0.25) is 0 Å². The highest BCUT2D eigenvalue weighted by Gasteiger charge is 2.28. The summed E-state index contributed by atoms with van der Waals surface area (Å²) < 4.78 is 7.74. The van der Waals surface area contributed by atoms with Crippen molar-refractivity contribution in [1.29, 1.82) is 0 Å². The van der Waals surface area contributed by atoms with E-state index in [1.165, 1.54) is 5.56 Å². The van der Waals surface area contributed by atoms with Crippen LogP contribution in [0.1, 0.15) is 17.5 Å². The van der Waals surface area contributed by atoms with Gasteiger partial charge in [0.15, 0.2) is 6.10 Å². The van der Waals surface area contributed by atoms with E-state index in [1.807, 2.05) is 66.5 Å². The number of aryl methyl sites for hydroxylation is 1. The maximum Gasteiger partial charge on any atom is 0.263 e. The fraction of sp³-hybridized carbons (Fsp3) is 0.238. The lowest BCUT2D eigenvalue weighted by molar-refractivity contribution is -0.138. The molecule has 0 bridgehead atoms. The van der Waals surface area contributed by atoms with Gasteiger partial charge in [0.05, 0.1) is 11.9 Å². The summed E-state index contributed by atoms with van der Waals surface area (Å²) in [5, 5.41) is 4.39. The molecule has 1 aliphatic rings. The maximum absolute atomic E-state index is 12.8. The van der Waals surface area contributed by atoms with Gasteiger partial charge in [-0.3, -0.25) is 4.79 Å². The number of amides is 1. The van der Waals surface area contributed by atoms with Crippen molar-refractivity contribution in [2.24, 2.45) is 0 Å². The van der Waals surface area contributed by atoms with Crippen LogP contribution in [0.25, 0.3) is 5.69 Å². The number of aromatic nitrogens is 2. The number of hydrogen-bond acceptors (Lipinski definition) is 3. The Morgan fingerprint density at radius 2 is 1.96 bits per heavy atom. The van der Waals surface area contributed by atoms with Crippen molar-refractivity contribution < 1.29 is 9.53 Å². The monoisotopic (exact) mass is 347 g/mol. The molecule has 1 aromatic heterocycles. The minimum absolute atomic E-state index is 0.00645. The van der Waals surface area contributed by atoms with Gasteiger partial charge in [0, 0.05) is 25.4 Å². The molecule has 5 nitrogen and oxygen atoms in total. The average molecular weight is 347 g/mol. The Morgan fingerprint density at radius 1 is 1.19 bits per heavy atom. The zero-order valence-electron chi connectivity index (χ0n) is 14.7. The molecule has 0 saturated heterocycles. The van der Waals surface area contributed by atoms with Gasteiger partial charge in [-0.15, -0.1) is 0 Å². The Balaban J connectivity index is 1.42. The molecule has 1 amide bonds. The van der Waals surface area contributed by atoms with Crippen molar-refractivity contribution in [2.75, 3.05) is 7.05 Å². The van der Waals surface area contributed by atoms with Crippen LogP contribution in [-0.4, -0.2) is 33.7 Å². The third kappa shape index (κ3) is 3.33. The highest BCUT2D eigenvalue weighted by atomic mass is 16.5. The topological polar surface area (TPSA) is 47.4 Å². The summed E-state index contributed by atoms with van der Waals surface area (Å²) in [4.78, 5) is 14.5. The van der Waals surface area contributed by atoms with Gasteiger partial charge in [-0.1, -0.05) is 36.4 Å². The highest BCUT2D eigenvalue weighted by molar-refractivity contribution is 5.81. The second-order valence-electron chi connectivity index (χ2n) is 6.58. The summed E-state index contributed by atoms with van der Waals surface area (Å²) in [5.41, 5.74) is 3.16. The van der Waals surface area contributed by atoms with E-state index in [2.05, 4.69) is 11.2 Å². The Hall–Kier alpha value is -3.08. The molecule has 0 radical (unpaired) electrons. The molecule has 1 aliphatic heterocycles. The molecule has 0 aliphatic carbocycles. The second-order valence-corrected chi connectivity index (χ2v) is 6.58. The molecule has 5 heteroatoms. The van der Waals surface area contributed by atoms with Crippen LogP contribution in [-0.2, 0) is 17.8 Å². The summed E-state index contributed by atoms with van der Waals surface area (Å²) in [5.74, 6) is 0.828. The smallest absolute Gasteiger partial charge is 0.263 e. The van der Waals surface area contributed by atoms with Crippen molar-refractivity contribution in [3.8, 4) is 11.4 Å². The van der Waals surface area contributed by atoms with Crippen molar-refractivity contribution in [1.82, 2.24) is 14.7 Å². The summed E-state index contributed by atoms with van der Waals surface area (Å²) in [6.45, 7) is 0.507. The lowest BCUT2D eigenvalue weighted by Gasteiger charge is -2.28. The third-order valence-electron chi connectivity index (χ3n) is 4.65. The van der Waals surface area contributed by atoms with Crippen LogP contribution < -0.4 is 4.74 Å². The first-order chi connectivity index (χ1) is 12.7.